The predicted molar refractivity (Wildman–Crippen MR) is 71.3 cm³/mol. The molecule has 1 aromatic rings. The van der Waals surface area contributed by atoms with E-state index in [-0.39, 0.29) is 11.5 Å². The van der Waals surface area contributed by atoms with Gasteiger partial charge in [-0.1, -0.05) is 32.3 Å². The number of halogens is 1. The summed E-state index contributed by atoms with van der Waals surface area (Å²) in [6.07, 6.45) is 4.95. The fraction of sp³-hybridized carbons (Fsp3) is 0.571. The lowest BCUT2D eigenvalue weighted by atomic mass is 10.1. The van der Waals surface area contributed by atoms with E-state index in [2.05, 4.69) is 19.2 Å². The lowest BCUT2D eigenvalue weighted by Gasteiger charge is -2.13. The van der Waals surface area contributed by atoms with Crippen molar-refractivity contribution in [3.63, 3.8) is 0 Å². The second-order valence-electron chi connectivity index (χ2n) is 4.63. The van der Waals surface area contributed by atoms with Crippen molar-refractivity contribution in [2.24, 2.45) is 0 Å². The zero-order valence-corrected chi connectivity index (χ0v) is 10.8. The van der Waals surface area contributed by atoms with Gasteiger partial charge >= 0.3 is 0 Å². The van der Waals surface area contributed by atoms with Crippen LogP contribution in [-0.4, -0.2) is 6.04 Å². The molecule has 0 fully saturated rings. The summed E-state index contributed by atoms with van der Waals surface area (Å²) in [7, 11) is 0. The molecule has 0 spiro atoms. The van der Waals surface area contributed by atoms with Crippen molar-refractivity contribution < 1.29 is 4.39 Å². The molecular formula is C14H23FN2. The van der Waals surface area contributed by atoms with Crippen LogP contribution in [-0.2, 0) is 6.54 Å². The van der Waals surface area contributed by atoms with Gasteiger partial charge in [0.2, 0.25) is 0 Å². The van der Waals surface area contributed by atoms with Gasteiger partial charge in [-0.3, -0.25) is 0 Å². The van der Waals surface area contributed by atoms with Gasteiger partial charge in [0.15, 0.2) is 0 Å². The molecule has 0 aromatic heterocycles. The van der Waals surface area contributed by atoms with Crippen molar-refractivity contribution in [2.75, 3.05) is 5.73 Å². The SMILES string of the molecule is CCCCCC(C)NCc1ccc(N)c(F)c1. The maximum Gasteiger partial charge on any atom is 0.146 e. The van der Waals surface area contributed by atoms with Crippen molar-refractivity contribution >= 4 is 5.69 Å². The van der Waals surface area contributed by atoms with Gasteiger partial charge in [-0.15, -0.1) is 0 Å². The molecule has 0 bridgehead atoms. The average Bonchev–Trinajstić information content (AvgIpc) is 2.31. The van der Waals surface area contributed by atoms with E-state index in [9.17, 15) is 4.39 Å². The molecule has 0 amide bonds. The number of unbranched alkanes of at least 4 members (excludes halogenated alkanes) is 2. The van der Waals surface area contributed by atoms with E-state index in [0.717, 1.165) is 5.56 Å². The average molecular weight is 238 g/mol. The quantitative estimate of drug-likeness (QED) is 0.564. The van der Waals surface area contributed by atoms with E-state index in [0.29, 0.717) is 12.6 Å². The summed E-state index contributed by atoms with van der Waals surface area (Å²) in [5.74, 6) is -0.331. The largest absolute Gasteiger partial charge is 0.396 e. The van der Waals surface area contributed by atoms with Crippen LogP contribution in [0.2, 0.25) is 0 Å². The minimum Gasteiger partial charge on any atom is -0.396 e. The van der Waals surface area contributed by atoms with Gasteiger partial charge in [0.05, 0.1) is 5.69 Å². The number of hydrogen-bond donors (Lipinski definition) is 2. The number of nitrogen functional groups attached to an aromatic ring is 1. The molecule has 3 heteroatoms. The normalized spacial score (nSPS) is 12.6. The number of anilines is 1. The smallest absolute Gasteiger partial charge is 0.146 e. The van der Waals surface area contributed by atoms with E-state index < -0.39 is 0 Å². The molecular weight excluding hydrogens is 215 g/mol. The maximum absolute atomic E-state index is 13.2. The van der Waals surface area contributed by atoms with Crippen LogP contribution in [0.1, 0.15) is 45.1 Å². The lowest BCUT2D eigenvalue weighted by molar-refractivity contribution is 0.486. The Kier molecular flexibility index (Phi) is 5.98. The first-order valence-electron chi connectivity index (χ1n) is 6.40. The second kappa shape index (κ2) is 7.28. The van der Waals surface area contributed by atoms with Gasteiger partial charge in [-0.2, -0.15) is 0 Å². The van der Waals surface area contributed by atoms with Crippen LogP contribution in [0.25, 0.3) is 0 Å². The van der Waals surface area contributed by atoms with Crippen LogP contribution in [0.15, 0.2) is 18.2 Å². The van der Waals surface area contributed by atoms with Crippen LogP contribution < -0.4 is 11.1 Å². The van der Waals surface area contributed by atoms with E-state index in [1.54, 1.807) is 6.07 Å². The number of hydrogen-bond acceptors (Lipinski definition) is 2. The fourth-order valence-corrected chi connectivity index (χ4v) is 1.78. The van der Waals surface area contributed by atoms with Crippen LogP contribution in [0.4, 0.5) is 10.1 Å². The van der Waals surface area contributed by atoms with E-state index in [1.165, 1.54) is 31.7 Å². The summed E-state index contributed by atoms with van der Waals surface area (Å²) >= 11 is 0. The van der Waals surface area contributed by atoms with Crippen LogP contribution in [0.5, 0.6) is 0 Å². The van der Waals surface area contributed by atoms with Crippen LogP contribution in [0.3, 0.4) is 0 Å². The first kappa shape index (κ1) is 14.0. The number of nitrogens with two attached hydrogens (primary N) is 1. The molecule has 0 aliphatic carbocycles. The molecule has 0 heterocycles. The molecule has 0 radical (unpaired) electrons. The van der Waals surface area contributed by atoms with Crippen molar-refractivity contribution in [1.29, 1.82) is 0 Å². The monoisotopic (exact) mass is 238 g/mol. The van der Waals surface area contributed by atoms with Crippen molar-refractivity contribution in [2.45, 2.75) is 52.1 Å². The fourth-order valence-electron chi connectivity index (χ4n) is 1.78. The third-order valence-corrected chi connectivity index (χ3v) is 2.96. The summed E-state index contributed by atoms with van der Waals surface area (Å²) in [6, 6.07) is 5.46. The molecule has 0 aliphatic rings. The van der Waals surface area contributed by atoms with Crippen molar-refractivity contribution in [3.8, 4) is 0 Å². The summed E-state index contributed by atoms with van der Waals surface area (Å²) in [5, 5.41) is 3.40. The zero-order valence-electron chi connectivity index (χ0n) is 10.8. The molecule has 3 N–H and O–H groups in total. The van der Waals surface area contributed by atoms with Crippen molar-refractivity contribution in [3.05, 3.63) is 29.6 Å². The molecule has 1 aromatic carbocycles. The van der Waals surface area contributed by atoms with Crippen LogP contribution in [0, 0.1) is 5.82 Å². The molecule has 1 rings (SSSR count). The molecule has 1 unspecified atom stereocenters. The first-order chi connectivity index (χ1) is 8.13. The molecule has 17 heavy (non-hydrogen) atoms. The molecule has 2 nitrogen and oxygen atoms in total. The minimum atomic E-state index is -0.331. The highest BCUT2D eigenvalue weighted by molar-refractivity contribution is 5.41. The van der Waals surface area contributed by atoms with E-state index in [1.807, 2.05) is 6.07 Å². The number of rotatable bonds is 7. The highest BCUT2D eigenvalue weighted by Crippen LogP contribution is 2.12. The number of nitrogens with one attached hydrogen (secondary N) is 1. The van der Waals surface area contributed by atoms with Gasteiger partial charge in [0.25, 0.3) is 0 Å². The Labute approximate surface area is 103 Å². The van der Waals surface area contributed by atoms with Crippen LogP contribution >= 0.6 is 0 Å². The molecule has 0 saturated carbocycles. The lowest BCUT2D eigenvalue weighted by Crippen LogP contribution is -2.25. The van der Waals surface area contributed by atoms with Gasteiger partial charge in [-0.05, 0) is 31.0 Å². The summed E-state index contributed by atoms with van der Waals surface area (Å²) in [5.41, 5.74) is 6.59. The second-order valence-corrected chi connectivity index (χ2v) is 4.63. The first-order valence-corrected chi connectivity index (χ1v) is 6.40. The van der Waals surface area contributed by atoms with Crippen molar-refractivity contribution in [1.82, 2.24) is 5.32 Å². The maximum atomic E-state index is 13.2. The Balaban J connectivity index is 2.31. The predicted octanol–water partition coefficient (Wildman–Crippen LogP) is 3.47. The highest BCUT2D eigenvalue weighted by atomic mass is 19.1. The van der Waals surface area contributed by atoms with Gasteiger partial charge in [0, 0.05) is 12.6 Å². The van der Waals surface area contributed by atoms with E-state index in [4.69, 9.17) is 5.73 Å². The molecule has 0 saturated heterocycles. The molecule has 1 atom stereocenters. The Morgan fingerprint density at radius 3 is 2.76 bits per heavy atom. The van der Waals surface area contributed by atoms with Gasteiger partial charge < -0.3 is 11.1 Å². The third kappa shape index (κ3) is 5.18. The van der Waals surface area contributed by atoms with E-state index >= 15 is 0 Å². The Hall–Kier alpha value is -1.09. The topological polar surface area (TPSA) is 38.0 Å². The zero-order chi connectivity index (χ0) is 12.7. The standard InChI is InChI=1S/C14H23FN2/c1-3-4-5-6-11(2)17-10-12-7-8-14(16)13(15)9-12/h7-9,11,17H,3-6,10,16H2,1-2H3. The van der Waals surface area contributed by atoms with Gasteiger partial charge in [0.1, 0.15) is 5.82 Å². The molecule has 0 aliphatic heterocycles. The summed E-state index contributed by atoms with van der Waals surface area (Å²) in [4.78, 5) is 0. The highest BCUT2D eigenvalue weighted by Gasteiger charge is 2.03. The Morgan fingerprint density at radius 2 is 2.12 bits per heavy atom. The Morgan fingerprint density at radius 1 is 1.35 bits per heavy atom. The Bertz CT molecular complexity index is 339. The minimum absolute atomic E-state index is 0.213. The third-order valence-electron chi connectivity index (χ3n) is 2.96. The van der Waals surface area contributed by atoms with Gasteiger partial charge in [-0.25, -0.2) is 4.39 Å². The summed E-state index contributed by atoms with van der Waals surface area (Å²) < 4.78 is 13.2. The summed E-state index contributed by atoms with van der Waals surface area (Å²) in [6.45, 7) is 5.07. The number of benzene rings is 1. The molecule has 96 valence electrons.